The topological polar surface area (TPSA) is 93.9 Å². The standard InChI is InChI=1S/C26H22ClNO6S/c1-4-17-9-12-19(13-10-17)35(31,32)28(25(29)20-7-5-6-8-22(20)27)18-11-14-23-21(15-18)24(16(2)34-23)26(30)33-3/h5-15H,4H2,1-3H3. The Balaban J connectivity index is 1.96. The SMILES string of the molecule is CCc1ccc(S(=O)(=O)N(C(=O)c2ccccc2Cl)c2ccc3oc(C)c(C(=O)OC)c3c2)cc1. The van der Waals surface area contributed by atoms with Gasteiger partial charge < -0.3 is 9.15 Å². The Morgan fingerprint density at radius 1 is 1.03 bits per heavy atom. The summed E-state index contributed by atoms with van der Waals surface area (Å²) in [6.07, 6.45) is 0.732. The maximum absolute atomic E-state index is 13.8. The molecule has 0 spiro atoms. The molecular formula is C26H22ClNO6S. The van der Waals surface area contributed by atoms with Crippen molar-refractivity contribution >= 4 is 50.2 Å². The van der Waals surface area contributed by atoms with E-state index in [4.69, 9.17) is 20.8 Å². The zero-order chi connectivity index (χ0) is 25.3. The molecule has 1 amide bonds. The first kappa shape index (κ1) is 24.5. The second-order valence-corrected chi connectivity index (χ2v) is 9.95. The number of aryl methyl sites for hydroxylation is 2. The summed E-state index contributed by atoms with van der Waals surface area (Å²) in [5, 5.41) is 0.426. The maximum Gasteiger partial charge on any atom is 0.342 e. The monoisotopic (exact) mass is 511 g/mol. The van der Waals surface area contributed by atoms with E-state index < -0.39 is 21.9 Å². The van der Waals surface area contributed by atoms with Gasteiger partial charge in [0, 0.05) is 5.39 Å². The number of methoxy groups -OCH3 is 1. The molecule has 9 heteroatoms. The fourth-order valence-corrected chi connectivity index (χ4v) is 5.42. The molecule has 0 saturated carbocycles. The van der Waals surface area contributed by atoms with Gasteiger partial charge in [-0.2, -0.15) is 4.31 Å². The van der Waals surface area contributed by atoms with E-state index >= 15 is 0 Å². The van der Waals surface area contributed by atoms with Crippen molar-refractivity contribution in [3.8, 4) is 0 Å². The van der Waals surface area contributed by atoms with E-state index in [1.807, 2.05) is 6.92 Å². The Morgan fingerprint density at radius 3 is 2.34 bits per heavy atom. The molecule has 0 aliphatic rings. The van der Waals surface area contributed by atoms with Gasteiger partial charge in [-0.1, -0.05) is 42.8 Å². The fourth-order valence-electron chi connectivity index (χ4n) is 3.80. The Hall–Kier alpha value is -3.62. The molecule has 4 rings (SSSR count). The number of benzene rings is 3. The van der Waals surface area contributed by atoms with Gasteiger partial charge in [-0.15, -0.1) is 0 Å². The number of rotatable bonds is 6. The Bertz CT molecular complexity index is 1540. The van der Waals surface area contributed by atoms with E-state index in [9.17, 15) is 18.0 Å². The lowest BCUT2D eigenvalue weighted by Gasteiger charge is -2.23. The van der Waals surface area contributed by atoms with Gasteiger partial charge in [-0.3, -0.25) is 4.79 Å². The zero-order valence-electron chi connectivity index (χ0n) is 19.2. The van der Waals surface area contributed by atoms with Crippen LogP contribution in [0.5, 0.6) is 0 Å². The summed E-state index contributed by atoms with van der Waals surface area (Å²) in [5.41, 5.74) is 1.49. The van der Waals surface area contributed by atoms with Crippen LogP contribution in [0.4, 0.5) is 5.69 Å². The fraction of sp³-hybridized carbons (Fsp3) is 0.154. The summed E-state index contributed by atoms with van der Waals surface area (Å²) in [7, 11) is -3.13. The van der Waals surface area contributed by atoms with Gasteiger partial charge in [0.15, 0.2) is 0 Å². The van der Waals surface area contributed by atoms with Crippen LogP contribution in [0.25, 0.3) is 11.0 Å². The van der Waals surface area contributed by atoms with Crippen molar-refractivity contribution in [1.29, 1.82) is 0 Å². The summed E-state index contributed by atoms with van der Waals surface area (Å²) in [5.74, 6) is -1.17. The van der Waals surface area contributed by atoms with Crippen molar-refractivity contribution in [2.45, 2.75) is 25.2 Å². The molecular weight excluding hydrogens is 490 g/mol. The van der Waals surface area contributed by atoms with Crippen LogP contribution in [0.15, 0.2) is 76.0 Å². The average Bonchev–Trinajstić information content (AvgIpc) is 3.18. The predicted molar refractivity (Wildman–Crippen MR) is 134 cm³/mol. The molecule has 7 nitrogen and oxygen atoms in total. The van der Waals surface area contributed by atoms with Crippen LogP contribution in [-0.2, 0) is 21.2 Å². The molecule has 3 aromatic carbocycles. The third kappa shape index (κ3) is 4.42. The van der Waals surface area contributed by atoms with E-state index in [1.165, 1.54) is 49.6 Å². The number of carbonyl (C=O) groups is 2. The van der Waals surface area contributed by atoms with E-state index in [2.05, 4.69) is 0 Å². The third-order valence-corrected chi connectivity index (χ3v) is 7.68. The summed E-state index contributed by atoms with van der Waals surface area (Å²) >= 11 is 6.25. The minimum absolute atomic E-state index is 0.0135. The number of halogens is 1. The number of amides is 1. The zero-order valence-corrected chi connectivity index (χ0v) is 20.8. The highest BCUT2D eigenvalue weighted by Gasteiger charge is 2.33. The van der Waals surface area contributed by atoms with Crippen LogP contribution in [0, 0.1) is 6.92 Å². The number of esters is 1. The number of nitrogens with zero attached hydrogens (tertiary/aromatic N) is 1. The van der Waals surface area contributed by atoms with Crippen LogP contribution >= 0.6 is 11.6 Å². The van der Waals surface area contributed by atoms with Crippen molar-refractivity contribution in [1.82, 2.24) is 0 Å². The molecule has 0 fully saturated rings. The largest absolute Gasteiger partial charge is 0.465 e. The number of ether oxygens (including phenoxy) is 1. The molecule has 0 bridgehead atoms. The third-order valence-electron chi connectivity index (χ3n) is 5.63. The van der Waals surface area contributed by atoms with Gasteiger partial charge in [-0.05, 0) is 61.4 Å². The molecule has 0 unspecified atom stereocenters. The first-order chi connectivity index (χ1) is 16.7. The lowest BCUT2D eigenvalue weighted by Crippen LogP contribution is -2.37. The van der Waals surface area contributed by atoms with E-state index in [1.54, 1.807) is 31.2 Å². The Labute approximate surface area is 207 Å². The molecule has 0 aliphatic carbocycles. The molecule has 0 N–H and O–H groups in total. The van der Waals surface area contributed by atoms with Crippen LogP contribution in [0.3, 0.4) is 0 Å². The number of hydrogen-bond donors (Lipinski definition) is 0. The molecule has 0 aliphatic heterocycles. The number of anilines is 1. The van der Waals surface area contributed by atoms with Gasteiger partial charge in [0.1, 0.15) is 16.9 Å². The lowest BCUT2D eigenvalue weighted by atomic mass is 10.1. The Kier molecular flexibility index (Phi) is 6.69. The number of carbonyl (C=O) groups excluding carboxylic acids is 2. The van der Waals surface area contributed by atoms with E-state index in [0.717, 1.165) is 12.0 Å². The van der Waals surface area contributed by atoms with Crippen molar-refractivity contribution in [3.05, 3.63) is 94.2 Å². The number of sulfonamides is 1. The summed E-state index contributed by atoms with van der Waals surface area (Å²) in [6, 6.07) is 16.9. The van der Waals surface area contributed by atoms with E-state index in [-0.39, 0.29) is 26.7 Å². The quantitative estimate of drug-likeness (QED) is 0.305. The molecule has 0 saturated heterocycles. The molecule has 0 atom stereocenters. The van der Waals surface area contributed by atoms with Crippen molar-refractivity contribution in [2.24, 2.45) is 0 Å². The van der Waals surface area contributed by atoms with Crippen molar-refractivity contribution < 1.29 is 27.2 Å². The first-order valence-electron chi connectivity index (χ1n) is 10.7. The first-order valence-corrected chi connectivity index (χ1v) is 12.6. The summed E-state index contributed by atoms with van der Waals surface area (Å²) in [6.45, 7) is 3.56. The minimum atomic E-state index is -4.37. The van der Waals surface area contributed by atoms with Crippen LogP contribution < -0.4 is 4.31 Å². The number of furan rings is 1. The number of fused-ring (bicyclic) bond motifs is 1. The van der Waals surface area contributed by atoms with Crippen LogP contribution in [-0.4, -0.2) is 27.4 Å². The number of hydrogen-bond acceptors (Lipinski definition) is 6. The van der Waals surface area contributed by atoms with Gasteiger partial charge in [0.2, 0.25) is 0 Å². The van der Waals surface area contributed by atoms with Crippen molar-refractivity contribution in [2.75, 3.05) is 11.4 Å². The summed E-state index contributed by atoms with van der Waals surface area (Å²) in [4.78, 5) is 26.0. The highest BCUT2D eigenvalue weighted by molar-refractivity contribution is 7.93. The molecule has 0 radical (unpaired) electrons. The van der Waals surface area contributed by atoms with Crippen LogP contribution in [0.2, 0.25) is 5.02 Å². The highest BCUT2D eigenvalue weighted by Crippen LogP contribution is 2.34. The highest BCUT2D eigenvalue weighted by atomic mass is 35.5. The normalized spacial score (nSPS) is 11.4. The van der Waals surface area contributed by atoms with Crippen LogP contribution in [0.1, 0.15) is 39.0 Å². The maximum atomic E-state index is 13.8. The second kappa shape index (κ2) is 9.56. The summed E-state index contributed by atoms with van der Waals surface area (Å²) < 4.78 is 38.8. The molecule has 1 aromatic heterocycles. The molecule has 180 valence electrons. The van der Waals surface area contributed by atoms with Gasteiger partial charge in [-0.25, -0.2) is 13.2 Å². The van der Waals surface area contributed by atoms with E-state index in [0.29, 0.717) is 21.0 Å². The molecule has 4 aromatic rings. The Morgan fingerprint density at radius 2 is 1.71 bits per heavy atom. The van der Waals surface area contributed by atoms with Gasteiger partial charge in [0.05, 0.1) is 28.3 Å². The molecule has 35 heavy (non-hydrogen) atoms. The van der Waals surface area contributed by atoms with Gasteiger partial charge in [0.25, 0.3) is 15.9 Å². The smallest absolute Gasteiger partial charge is 0.342 e. The molecule has 1 heterocycles. The predicted octanol–water partition coefficient (Wildman–Crippen LogP) is 5.78. The average molecular weight is 512 g/mol. The lowest BCUT2D eigenvalue weighted by molar-refractivity contribution is 0.0600. The van der Waals surface area contributed by atoms with Gasteiger partial charge >= 0.3 is 5.97 Å². The minimum Gasteiger partial charge on any atom is -0.465 e. The van der Waals surface area contributed by atoms with Crippen molar-refractivity contribution in [3.63, 3.8) is 0 Å². The second-order valence-electron chi connectivity index (χ2n) is 7.76.